The summed E-state index contributed by atoms with van der Waals surface area (Å²) < 4.78 is 0. The summed E-state index contributed by atoms with van der Waals surface area (Å²) in [7, 11) is 0. The molecular weight excluding hydrogens is 260 g/mol. The van der Waals surface area contributed by atoms with Gasteiger partial charge < -0.3 is 5.11 Å². The van der Waals surface area contributed by atoms with Crippen LogP contribution >= 0.6 is 0 Å². The van der Waals surface area contributed by atoms with Crippen LogP contribution in [0.1, 0.15) is 31.9 Å². The van der Waals surface area contributed by atoms with Gasteiger partial charge in [0.25, 0.3) is 0 Å². The van der Waals surface area contributed by atoms with Gasteiger partial charge in [-0.05, 0) is 48.9 Å². The molecule has 0 heterocycles. The van der Waals surface area contributed by atoms with E-state index in [9.17, 15) is 9.90 Å². The molecule has 1 N–H and O–H groups in total. The number of aryl methyl sites for hydroxylation is 1. The molecule has 0 aromatic heterocycles. The van der Waals surface area contributed by atoms with Gasteiger partial charge in [-0.1, -0.05) is 55.5 Å². The molecule has 2 nitrogen and oxygen atoms in total. The Morgan fingerprint density at radius 1 is 1.10 bits per heavy atom. The fourth-order valence-electron chi connectivity index (χ4n) is 2.51. The van der Waals surface area contributed by atoms with E-state index in [1.54, 1.807) is 13.8 Å². The van der Waals surface area contributed by atoms with Crippen LogP contribution in [0.5, 0.6) is 0 Å². The van der Waals surface area contributed by atoms with E-state index in [1.165, 1.54) is 16.7 Å². The smallest absolute Gasteiger partial charge is 0.309 e. The van der Waals surface area contributed by atoms with Crippen LogP contribution in [0, 0.1) is 5.41 Å². The van der Waals surface area contributed by atoms with E-state index in [2.05, 4.69) is 37.3 Å². The number of carbonyl (C=O) groups is 1. The topological polar surface area (TPSA) is 37.3 Å². The second-order valence-electron chi connectivity index (χ2n) is 6.08. The summed E-state index contributed by atoms with van der Waals surface area (Å²) in [6.45, 7) is 5.68. The predicted octanol–water partition coefficient (Wildman–Crippen LogP) is 4.57. The molecule has 0 aliphatic rings. The molecule has 0 bridgehead atoms. The third-order valence-electron chi connectivity index (χ3n) is 3.86. The van der Waals surface area contributed by atoms with Crippen LogP contribution in [0.2, 0.25) is 0 Å². The Morgan fingerprint density at radius 3 is 2.33 bits per heavy atom. The quantitative estimate of drug-likeness (QED) is 0.872. The third-order valence-corrected chi connectivity index (χ3v) is 3.86. The molecule has 0 aliphatic heterocycles. The van der Waals surface area contributed by atoms with Gasteiger partial charge >= 0.3 is 5.97 Å². The molecule has 0 saturated carbocycles. The highest BCUT2D eigenvalue weighted by molar-refractivity contribution is 5.74. The molecule has 0 unspecified atom stereocenters. The van der Waals surface area contributed by atoms with E-state index in [0.29, 0.717) is 6.42 Å². The first-order valence-corrected chi connectivity index (χ1v) is 7.34. The van der Waals surface area contributed by atoms with Crippen molar-refractivity contribution in [3.63, 3.8) is 0 Å². The van der Waals surface area contributed by atoms with Crippen molar-refractivity contribution in [1.82, 2.24) is 0 Å². The van der Waals surface area contributed by atoms with Crippen LogP contribution in [0.15, 0.2) is 48.5 Å². The summed E-state index contributed by atoms with van der Waals surface area (Å²) >= 11 is 0. The van der Waals surface area contributed by atoms with E-state index in [4.69, 9.17) is 0 Å². The van der Waals surface area contributed by atoms with Gasteiger partial charge in [0, 0.05) is 0 Å². The summed E-state index contributed by atoms with van der Waals surface area (Å²) in [6, 6.07) is 16.6. The van der Waals surface area contributed by atoms with Crippen LogP contribution in [0.25, 0.3) is 11.1 Å². The molecule has 0 atom stereocenters. The minimum absolute atomic E-state index is 0.534. The predicted molar refractivity (Wildman–Crippen MR) is 86.4 cm³/mol. The Labute approximate surface area is 126 Å². The fraction of sp³-hybridized carbons (Fsp3) is 0.316. The molecule has 0 spiro atoms. The van der Waals surface area contributed by atoms with Crippen LogP contribution < -0.4 is 0 Å². The number of carboxylic acid groups (broad SMARTS) is 1. The van der Waals surface area contributed by atoms with Gasteiger partial charge in [0.2, 0.25) is 0 Å². The van der Waals surface area contributed by atoms with Crippen molar-refractivity contribution in [2.75, 3.05) is 0 Å². The van der Waals surface area contributed by atoms with Gasteiger partial charge in [0.05, 0.1) is 5.41 Å². The number of hydrogen-bond acceptors (Lipinski definition) is 1. The molecular formula is C19H22O2. The second kappa shape index (κ2) is 6.13. The van der Waals surface area contributed by atoms with Gasteiger partial charge in [-0.25, -0.2) is 0 Å². The Balaban J connectivity index is 2.41. The summed E-state index contributed by atoms with van der Waals surface area (Å²) in [5.41, 5.74) is 4.00. The number of hydrogen-bond donors (Lipinski definition) is 1. The molecule has 2 heteroatoms. The van der Waals surface area contributed by atoms with E-state index in [0.717, 1.165) is 12.0 Å². The molecule has 0 saturated heterocycles. The van der Waals surface area contributed by atoms with Crippen LogP contribution in [0.4, 0.5) is 0 Å². The van der Waals surface area contributed by atoms with Crippen LogP contribution in [-0.2, 0) is 17.6 Å². The van der Waals surface area contributed by atoms with Crippen molar-refractivity contribution in [3.05, 3.63) is 59.7 Å². The van der Waals surface area contributed by atoms with E-state index >= 15 is 0 Å². The van der Waals surface area contributed by atoms with Crippen molar-refractivity contribution < 1.29 is 9.90 Å². The molecule has 0 aliphatic carbocycles. The zero-order valence-corrected chi connectivity index (χ0v) is 12.9. The minimum Gasteiger partial charge on any atom is -0.481 e. The first-order chi connectivity index (χ1) is 9.94. The zero-order valence-electron chi connectivity index (χ0n) is 12.9. The second-order valence-corrected chi connectivity index (χ2v) is 6.08. The van der Waals surface area contributed by atoms with Crippen molar-refractivity contribution >= 4 is 5.97 Å². The Hall–Kier alpha value is -2.09. The maximum absolute atomic E-state index is 11.3. The molecule has 0 fully saturated rings. The number of carboxylic acids is 1. The van der Waals surface area contributed by atoms with Gasteiger partial charge in [-0.3, -0.25) is 4.79 Å². The first-order valence-electron chi connectivity index (χ1n) is 7.34. The maximum Gasteiger partial charge on any atom is 0.309 e. The number of benzene rings is 2. The normalized spacial score (nSPS) is 11.4. The van der Waals surface area contributed by atoms with Gasteiger partial charge in [-0.2, -0.15) is 0 Å². The average Bonchev–Trinajstić information content (AvgIpc) is 2.47. The molecule has 110 valence electrons. The van der Waals surface area contributed by atoms with E-state index < -0.39 is 11.4 Å². The molecule has 0 radical (unpaired) electrons. The van der Waals surface area contributed by atoms with Crippen molar-refractivity contribution in [2.24, 2.45) is 5.41 Å². The molecule has 21 heavy (non-hydrogen) atoms. The highest BCUT2D eigenvalue weighted by Crippen LogP contribution is 2.29. The van der Waals surface area contributed by atoms with Crippen molar-refractivity contribution in [1.29, 1.82) is 0 Å². The lowest BCUT2D eigenvalue weighted by molar-refractivity contribution is -0.146. The summed E-state index contributed by atoms with van der Waals surface area (Å²) in [5.74, 6) is -0.761. The number of aliphatic carboxylic acids is 1. The largest absolute Gasteiger partial charge is 0.481 e. The molecule has 2 rings (SSSR count). The van der Waals surface area contributed by atoms with Gasteiger partial charge in [0.1, 0.15) is 0 Å². The minimum atomic E-state index is -0.761. The first kappa shape index (κ1) is 15.3. The number of rotatable bonds is 5. The lowest BCUT2D eigenvalue weighted by Crippen LogP contribution is -2.26. The lowest BCUT2D eigenvalue weighted by atomic mass is 9.84. The van der Waals surface area contributed by atoms with E-state index in [-0.39, 0.29) is 0 Å². The zero-order chi connectivity index (χ0) is 15.5. The Bertz CT molecular complexity index is 627. The highest BCUT2D eigenvalue weighted by Gasteiger charge is 2.27. The van der Waals surface area contributed by atoms with Crippen molar-refractivity contribution in [3.8, 4) is 11.1 Å². The maximum atomic E-state index is 11.3. The summed E-state index contributed by atoms with van der Waals surface area (Å²) in [6.07, 6.45) is 1.50. The van der Waals surface area contributed by atoms with Crippen LogP contribution in [-0.4, -0.2) is 11.1 Å². The fourth-order valence-corrected chi connectivity index (χ4v) is 2.51. The summed E-state index contributed by atoms with van der Waals surface area (Å²) in [5, 5.41) is 9.29. The molecule has 2 aromatic rings. The lowest BCUT2D eigenvalue weighted by Gasteiger charge is -2.20. The standard InChI is InChI=1S/C19H22O2/c1-4-15-11-10-14(13-19(2,3)18(20)21)12-17(15)16-8-6-5-7-9-16/h5-12H,4,13H2,1-3H3,(H,20,21). The Morgan fingerprint density at radius 2 is 1.76 bits per heavy atom. The highest BCUT2D eigenvalue weighted by atomic mass is 16.4. The molecule has 0 amide bonds. The van der Waals surface area contributed by atoms with Gasteiger partial charge in [0.15, 0.2) is 0 Å². The van der Waals surface area contributed by atoms with Crippen LogP contribution in [0.3, 0.4) is 0 Å². The monoisotopic (exact) mass is 282 g/mol. The third kappa shape index (κ3) is 3.52. The SMILES string of the molecule is CCc1ccc(CC(C)(C)C(=O)O)cc1-c1ccccc1. The van der Waals surface area contributed by atoms with E-state index in [1.807, 2.05) is 18.2 Å². The Kier molecular flexibility index (Phi) is 4.46. The van der Waals surface area contributed by atoms with Crippen molar-refractivity contribution in [2.45, 2.75) is 33.6 Å². The van der Waals surface area contributed by atoms with Gasteiger partial charge in [-0.15, -0.1) is 0 Å². The summed E-state index contributed by atoms with van der Waals surface area (Å²) in [4.78, 5) is 11.3. The average molecular weight is 282 g/mol. The molecule has 2 aromatic carbocycles.